The highest BCUT2D eigenvalue weighted by atomic mass is 16.1. The molecule has 0 bridgehead atoms. The Morgan fingerprint density at radius 3 is 2.60 bits per heavy atom. The van der Waals surface area contributed by atoms with Gasteiger partial charge in [-0.1, -0.05) is 30.3 Å². The van der Waals surface area contributed by atoms with Crippen LogP contribution in [0.5, 0.6) is 0 Å². The van der Waals surface area contributed by atoms with Crippen molar-refractivity contribution in [1.82, 2.24) is 5.32 Å². The van der Waals surface area contributed by atoms with Crippen LogP contribution in [0.25, 0.3) is 0 Å². The van der Waals surface area contributed by atoms with Crippen LogP contribution in [0, 0.1) is 0 Å². The summed E-state index contributed by atoms with van der Waals surface area (Å²) in [6.45, 7) is 0.871. The molecule has 5 N–H and O–H groups in total. The number of carbonyl (C=O) groups excluding carboxylic acids is 1. The maximum atomic E-state index is 11.3. The van der Waals surface area contributed by atoms with E-state index >= 15 is 0 Å². The molecule has 0 saturated carbocycles. The van der Waals surface area contributed by atoms with Crippen LogP contribution in [0.4, 0.5) is 0 Å². The number of hydrogen-bond donors (Lipinski definition) is 3. The van der Waals surface area contributed by atoms with E-state index in [0.29, 0.717) is 13.1 Å². The SMILES string of the molecule is NCC(N)CC(=O)NCc1ccccc1. The van der Waals surface area contributed by atoms with Crippen molar-refractivity contribution in [1.29, 1.82) is 0 Å². The van der Waals surface area contributed by atoms with E-state index in [2.05, 4.69) is 5.32 Å². The largest absolute Gasteiger partial charge is 0.352 e. The van der Waals surface area contributed by atoms with Gasteiger partial charge in [0.2, 0.25) is 5.91 Å². The summed E-state index contributed by atoms with van der Waals surface area (Å²) in [6, 6.07) is 9.49. The number of rotatable bonds is 5. The van der Waals surface area contributed by atoms with Gasteiger partial charge in [-0.3, -0.25) is 4.79 Å². The Labute approximate surface area is 89.6 Å². The molecule has 0 fully saturated rings. The van der Waals surface area contributed by atoms with E-state index in [1.165, 1.54) is 0 Å². The Hall–Kier alpha value is -1.39. The van der Waals surface area contributed by atoms with Crippen molar-refractivity contribution in [2.24, 2.45) is 11.5 Å². The second kappa shape index (κ2) is 6.16. The molecule has 4 nitrogen and oxygen atoms in total. The van der Waals surface area contributed by atoms with E-state index < -0.39 is 0 Å². The predicted molar refractivity (Wildman–Crippen MR) is 59.9 cm³/mol. The number of carbonyl (C=O) groups is 1. The van der Waals surface area contributed by atoms with Crippen molar-refractivity contribution in [3.8, 4) is 0 Å². The van der Waals surface area contributed by atoms with Crippen LogP contribution in [0.2, 0.25) is 0 Å². The van der Waals surface area contributed by atoms with Crippen LogP contribution in [-0.2, 0) is 11.3 Å². The van der Waals surface area contributed by atoms with Crippen LogP contribution in [-0.4, -0.2) is 18.5 Å². The third-order valence-electron chi connectivity index (χ3n) is 2.08. The van der Waals surface area contributed by atoms with E-state index in [0.717, 1.165) is 5.56 Å². The van der Waals surface area contributed by atoms with Crippen LogP contribution >= 0.6 is 0 Å². The molecular weight excluding hydrogens is 190 g/mol. The third-order valence-corrected chi connectivity index (χ3v) is 2.08. The van der Waals surface area contributed by atoms with E-state index in [4.69, 9.17) is 11.5 Å². The van der Waals surface area contributed by atoms with Gasteiger partial charge in [0.25, 0.3) is 0 Å². The first-order chi connectivity index (χ1) is 7.22. The first kappa shape index (κ1) is 11.7. The van der Waals surface area contributed by atoms with Gasteiger partial charge in [-0.05, 0) is 5.56 Å². The molecule has 15 heavy (non-hydrogen) atoms. The second-order valence-electron chi connectivity index (χ2n) is 3.46. The summed E-state index contributed by atoms with van der Waals surface area (Å²) in [5.74, 6) is -0.0585. The molecule has 0 heterocycles. The Bertz CT molecular complexity index is 300. The smallest absolute Gasteiger partial charge is 0.221 e. The maximum absolute atomic E-state index is 11.3. The van der Waals surface area contributed by atoms with Gasteiger partial charge in [0.1, 0.15) is 0 Å². The molecule has 0 radical (unpaired) electrons. The van der Waals surface area contributed by atoms with Gasteiger partial charge in [-0.25, -0.2) is 0 Å². The molecule has 0 aliphatic carbocycles. The van der Waals surface area contributed by atoms with Gasteiger partial charge in [-0.2, -0.15) is 0 Å². The summed E-state index contributed by atoms with van der Waals surface area (Å²) in [5.41, 5.74) is 12.0. The molecule has 1 aromatic carbocycles. The first-order valence-electron chi connectivity index (χ1n) is 4.98. The predicted octanol–water partition coefficient (Wildman–Crippen LogP) is -0.0211. The van der Waals surface area contributed by atoms with E-state index in [9.17, 15) is 4.79 Å². The van der Waals surface area contributed by atoms with E-state index in [1.54, 1.807) is 0 Å². The molecule has 1 unspecified atom stereocenters. The molecule has 1 amide bonds. The van der Waals surface area contributed by atoms with Crippen molar-refractivity contribution in [3.05, 3.63) is 35.9 Å². The van der Waals surface area contributed by atoms with Crippen molar-refractivity contribution in [2.75, 3.05) is 6.54 Å². The lowest BCUT2D eigenvalue weighted by molar-refractivity contribution is -0.121. The molecule has 0 saturated heterocycles. The zero-order valence-corrected chi connectivity index (χ0v) is 8.65. The van der Waals surface area contributed by atoms with Crippen LogP contribution in [0.1, 0.15) is 12.0 Å². The maximum Gasteiger partial charge on any atom is 0.221 e. The van der Waals surface area contributed by atoms with Gasteiger partial charge < -0.3 is 16.8 Å². The highest BCUT2D eigenvalue weighted by Crippen LogP contribution is 1.97. The Morgan fingerprint density at radius 1 is 1.33 bits per heavy atom. The lowest BCUT2D eigenvalue weighted by atomic mass is 10.2. The summed E-state index contributed by atoms with van der Waals surface area (Å²) >= 11 is 0. The molecule has 4 heteroatoms. The Kier molecular flexibility index (Phi) is 4.80. The molecular formula is C11H17N3O. The number of benzene rings is 1. The molecule has 0 aliphatic rings. The minimum absolute atomic E-state index is 0.0585. The fraction of sp³-hybridized carbons (Fsp3) is 0.364. The number of amides is 1. The van der Waals surface area contributed by atoms with Crippen molar-refractivity contribution in [3.63, 3.8) is 0 Å². The second-order valence-corrected chi connectivity index (χ2v) is 3.46. The van der Waals surface area contributed by atoms with Crippen LogP contribution in [0.15, 0.2) is 30.3 Å². The summed E-state index contributed by atoms with van der Waals surface area (Å²) in [6.07, 6.45) is 0.281. The molecule has 1 aromatic rings. The van der Waals surface area contributed by atoms with Gasteiger partial charge in [0.15, 0.2) is 0 Å². The van der Waals surface area contributed by atoms with Crippen LogP contribution < -0.4 is 16.8 Å². The molecule has 1 rings (SSSR count). The zero-order chi connectivity index (χ0) is 11.1. The number of nitrogens with one attached hydrogen (secondary N) is 1. The highest BCUT2D eigenvalue weighted by Gasteiger charge is 2.06. The average Bonchev–Trinajstić information content (AvgIpc) is 2.27. The van der Waals surface area contributed by atoms with E-state index in [1.807, 2.05) is 30.3 Å². The molecule has 0 aromatic heterocycles. The molecule has 82 valence electrons. The van der Waals surface area contributed by atoms with Crippen molar-refractivity contribution >= 4 is 5.91 Å². The highest BCUT2D eigenvalue weighted by molar-refractivity contribution is 5.76. The van der Waals surface area contributed by atoms with E-state index in [-0.39, 0.29) is 18.4 Å². The average molecular weight is 207 g/mol. The Morgan fingerprint density at radius 2 is 2.00 bits per heavy atom. The number of hydrogen-bond acceptors (Lipinski definition) is 3. The Balaban J connectivity index is 2.29. The fourth-order valence-corrected chi connectivity index (χ4v) is 1.19. The zero-order valence-electron chi connectivity index (χ0n) is 8.65. The van der Waals surface area contributed by atoms with Crippen molar-refractivity contribution in [2.45, 2.75) is 19.0 Å². The summed E-state index contributed by atoms with van der Waals surface area (Å²) in [5, 5.41) is 2.79. The summed E-state index contributed by atoms with van der Waals surface area (Å²) in [7, 11) is 0. The first-order valence-corrected chi connectivity index (χ1v) is 4.98. The fourth-order valence-electron chi connectivity index (χ4n) is 1.19. The monoisotopic (exact) mass is 207 g/mol. The molecule has 0 aliphatic heterocycles. The minimum Gasteiger partial charge on any atom is -0.352 e. The topological polar surface area (TPSA) is 81.1 Å². The lowest BCUT2D eigenvalue weighted by Gasteiger charge is -2.09. The summed E-state index contributed by atoms with van der Waals surface area (Å²) < 4.78 is 0. The quantitative estimate of drug-likeness (QED) is 0.634. The van der Waals surface area contributed by atoms with Gasteiger partial charge in [0.05, 0.1) is 0 Å². The van der Waals surface area contributed by atoms with Gasteiger partial charge in [-0.15, -0.1) is 0 Å². The standard InChI is InChI=1S/C11H17N3O/c12-7-10(13)6-11(15)14-8-9-4-2-1-3-5-9/h1-5,10H,6-8,12-13H2,(H,14,15). The molecule has 1 atom stereocenters. The number of nitrogens with two attached hydrogens (primary N) is 2. The summed E-state index contributed by atoms with van der Waals surface area (Å²) in [4.78, 5) is 11.3. The normalized spacial score (nSPS) is 12.1. The minimum atomic E-state index is -0.249. The van der Waals surface area contributed by atoms with Crippen molar-refractivity contribution < 1.29 is 4.79 Å². The van der Waals surface area contributed by atoms with Gasteiger partial charge in [0, 0.05) is 25.6 Å². The van der Waals surface area contributed by atoms with Crippen LogP contribution in [0.3, 0.4) is 0 Å². The lowest BCUT2D eigenvalue weighted by Crippen LogP contribution is -2.36. The third kappa shape index (κ3) is 4.58. The molecule has 0 spiro atoms. The van der Waals surface area contributed by atoms with Gasteiger partial charge >= 0.3 is 0 Å².